The van der Waals surface area contributed by atoms with Gasteiger partial charge in [0.15, 0.2) is 4.90 Å². The molecule has 1 unspecified atom stereocenters. The van der Waals surface area contributed by atoms with E-state index in [0.717, 1.165) is 15.3 Å². The van der Waals surface area contributed by atoms with Crippen molar-refractivity contribution in [3.63, 3.8) is 0 Å². The van der Waals surface area contributed by atoms with Crippen LogP contribution in [0.5, 0.6) is 0 Å². The zero-order chi connectivity index (χ0) is 18.6. The SMILES string of the molecule is CCC12COC(=O)N1CCN(S(=O)(=O)c1cn(C)c(=O)n(C)c1=O)C2. The highest BCUT2D eigenvalue weighted by molar-refractivity contribution is 7.89. The number of nitrogens with zero attached hydrogens (tertiary/aromatic N) is 4. The molecule has 0 N–H and O–H groups in total. The van der Waals surface area contributed by atoms with E-state index in [-0.39, 0.29) is 26.2 Å². The molecule has 0 radical (unpaired) electrons. The van der Waals surface area contributed by atoms with Crippen molar-refractivity contribution in [3.05, 3.63) is 27.0 Å². The van der Waals surface area contributed by atoms with Crippen LogP contribution >= 0.6 is 0 Å². The molecule has 2 aliphatic rings. The van der Waals surface area contributed by atoms with Gasteiger partial charge >= 0.3 is 11.8 Å². The van der Waals surface area contributed by atoms with Gasteiger partial charge in [-0.3, -0.25) is 14.3 Å². The average Bonchev–Trinajstić information content (AvgIpc) is 2.93. The Morgan fingerprint density at radius 2 is 1.88 bits per heavy atom. The predicted molar refractivity (Wildman–Crippen MR) is 86.8 cm³/mol. The zero-order valence-corrected chi connectivity index (χ0v) is 15.1. The summed E-state index contributed by atoms with van der Waals surface area (Å²) >= 11 is 0. The normalized spacial score (nSPS) is 24.3. The Morgan fingerprint density at radius 1 is 1.20 bits per heavy atom. The highest BCUT2D eigenvalue weighted by atomic mass is 32.2. The molecule has 138 valence electrons. The highest BCUT2D eigenvalue weighted by Gasteiger charge is 2.52. The third kappa shape index (κ3) is 2.49. The molecule has 1 amide bonds. The Balaban J connectivity index is 2.04. The number of aromatic nitrogens is 2. The molecule has 11 heteroatoms. The lowest BCUT2D eigenvalue weighted by Gasteiger charge is -2.43. The number of hydrogen-bond acceptors (Lipinski definition) is 6. The van der Waals surface area contributed by atoms with E-state index in [1.165, 1.54) is 18.4 Å². The van der Waals surface area contributed by atoms with Crippen LogP contribution in [0.2, 0.25) is 0 Å². The molecular weight excluding hydrogens is 352 g/mol. The van der Waals surface area contributed by atoms with Crippen LogP contribution in [0.25, 0.3) is 0 Å². The van der Waals surface area contributed by atoms with Crippen molar-refractivity contribution in [2.24, 2.45) is 14.1 Å². The Labute approximate surface area is 144 Å². The molecule has 0 aromatic carbocycles. The minimum atomic E-state index is -4.11. The Morgan fingerprint density at radius 3 is 2.52 bits per heavy atom. The molecule has 1 atom stereocenters. The summed E-state index contributed by atoms with van der Waals surface area (Å²) in [4.78, 5) is 37.0. The molecule has 3 rings (SSSR count). The first-order valence-corrected chi connectivity index (χ1v) is 9.29. The molecule has 1 aromatic heterocycles. The van der Waals surface area contributed by atoms with Crippen molar-refractivity contribution < 1.29 is 17.9 Å². The van der Waals surface area contributed by atoms with E-state index in [1.807, 2.05) is 6.92 Å². The number of hydrogen-bond donors (Lipinski definition) is 0. The number of cyclic esters (lactones) is 1. The summed E-state index contributed by atoms with van der Waals surface area (Å²) in [5.41, 5.74) is -2.20. The van der Waals surface area contributed by atoms with E-state index in [1.54, 1.807) is 4.90 Å². The molecule has 10 nitrogen and oxygen atoms in total. The van der Waals surface area contributed by atoms with Crippen LogP contribution in [-0.4, -0.2) is 64.6 Å². The molecular formula is C14H20N4O6S. The number of fused-ring (bicyclic) bond motifs is 1. The zero-order valence-electron chi connectivity index (χ0n) is 14.3. The molecule has 2 aliphatic heterocycles. The van der Waals surface area contributed by atoms with Crippen LogP contribution in [0.1, 0.15) is 13.3 Å². The fourth-order valence-electron chi connectivity index (χ4n) is 3.32. The first-order valence-electron chi connectivity index (χ1n) is 7.85. The molecule has 0 spiro atoms. The molecule has 0 bridgehead atoms. The number of sulfonamides is 1. The van der Waals surface area contributed by atoms with E-state index < -0.39 is 37.8 Å². The predicted octanol–water partition coefficient (Wildman–Crippen LogP) is -1.31. The van der Waals surface area contributed by atoms with Crippen LogP contribution in [-0.2, 0) is 28.9 Å². The average molecular weight is 372 g/mol. The van der Waals surface area contributed by atoms with Crippen LogP contribution in [0.4, 0.5) is 4.79 Å². The van der Waals surface area contributed by atoms with Crippen LogP contribution in [0.3, 0.4) is 0 Å². The van der Waals surface area contributed by atoms with E-state index in [4.69, 9.17) is 4.74 Å². The van der Waals surface area contributed by atoms with Gasteiger partial charge < -0.3 is 9.30 Å². The maximum Gasteiger partial charge on any atom is 0.410 e. The third-order valence-electron chi connectivity index (χ3n) is 4.99. The molecule has 1 aromatic rings. The number of carbonyl (C=O) groups is 1. The number of aryl methyl sites for hydroxylation is 1. The topological polar surface area (TPSA) is 111 Å². The van der Waals surface area contributed by atoms with Gasteiger partial charge in [-0.05, 0) is 6.42 Å². The fraction of sp³-hybridized carbons (Fsp3) is 0.643. The largest absolute Gasteiger partial charge is 0.447 e. The molecule has 25 heavy (non-hydrogen) atoms. The van der Waals surface area contributed by atoms with Crippen molar-refractivity contribution >= 4 is 16.1 Å². The second kappa shape index (κ2) is 5.70. The smallest absolute Gasteiger partial charge is 0.410 e. The van der Waals surface area contributed by atoms with Crippen molar-refractivity contribution in [1.29, 1.82) is 0 Å². The maximum atomic E-state index is 13.0. The second-order valence-electron chi connectivity index (χ2n) is 6.37. The standard InChI is InChI=1S/C14H20N4O6S/c1-4-14-8-17(5-6-18(14)13(21)24-9-14)25(22,23)10-7-15(2)12(20)16(3)11(10)19/h7H,4-6,8-9H2,1-3H3. The third-order valence-corrected chi connectivity index (χ3v) is 6.82. The first kappa shape index (κ1) is 17.7. The van der Waals surface area contributed by atoms with Gasteiger partial charge in [0.1, 0.15) is 6.61 Å². The minimum Gasteiger partial charge on any atom is -0.447 e. The van der Waals surface area contributed by atoms with E-state index in [9.17, 15) is 22.8 Å². The Bertz CT molecular complexity index is 949. The summed E-state index contributed by atoms with van der Waals surface area (Å²) in [6.07, 6.45) is 1.12. The van der Waals surface area contributed by atoms with Crippen LogP contribution in [0.15, 0.2) is 20.7 Å². The van der Waals surface area contributed by atoms with Gasteiger partial charge in [0.2, 0.25) is 10.0 Å². The Hall–Kier alpha value is -2.14. The Kier molecular flexibility index (Phi) is 4.03. The van der Waals surface area contributed by atoms with E-state index in [2.05, 4.69) is 0 Å². The number of ether oxygens (including phenoxy) is 1. The second-order valence-corrected chi connectivity index (χ2v) is 8.28. The van der Waals surface area contributed by atoms with Gasteiger partial charge in [-0.1, -0.05) is 6.92 Å². The number of rotatable bonds is 3. The van der Waals surface area contributed by atoms with Crippen molar-refractivity contribution in [1.82, 2.24) is 18.3 Å². The van der Waals surface area contributed by atoms with Crippen molar-refractivity contribution in [2.75, 3.05) is 26.2 Å². The van der Waals surface area contributed by atoms with E-state index >= 15 is 0 Å². The summed E-state index contributed by atoms with van der Waals surface area (Å²) in [5.74, 6) is 0. The summed E-state index contributed by atoms with van der Waals surface area (Å²) in [6, 6.07) is 0. The number of amides is 1. The van der Waals surface area contributed by atoms with Gasteiger partial charge in [-0.25, -0.2) is 18.0 Å². The molecule has 2 saturated heterocycles. The number of piperazine rings is 1. The van der Waals surface area contributed by atoms with Crippen molar-refractivity contribution in [3.8, 4) is 0 Å². The molecule has 0 aliphatic carbocycles. The van der Waals surface area contributed by atoms with Gasteiger partial charge in [0, 0.05) is 39.9 Å². The van der Waals surface area contributed by atoms with Crippen molar-refractivity contribution in [2.45, 2.75) is 23.8 Å². The van der Waals surface area contributed by atoms with Crippen LogP contribution in [0, 0.1) is 0 Å². The summed E-state index contributed by atoms with van der Waals surface area (Å²) in [5, 5.41) is 0. The van der Waals surface area contributed by atoms with Gasteiger partial charge in [0.05, 0.1) is 5.54 Å². The molecule has 3 heterocycles. The summed E-state index contributed by atoms with van der Waals surface area (Å²) in [7, 11) is -1.49. The molecule has 2 fully saturated rings. The van der Waals surface area contributed by atoms with E-state index in [0.29, 0.717) is 6.42 Å². The monoisotopic (exact) mass is 372 g/mol. The highest BCUT2D eigenvalue weighted by Crippen LogP contribution is 2.33. The maximum absolute atomic E-state index is 13.0. The molecule has 0 saturated carbocycles. The lowest BCUT2D eigenvalue weighted by Crippen LogP contribution is -2.62. The first-order chi connectivity index (χ1) is 11.6. The van der Waals surface area contributed by atoms with Gasteiger partial charge in [-0.2, -0.15) is 4.31 Å². The number of carbonyl (C=O) groups excluding carboxylic acids is 1. The lowest BCUT2D eigenvalue weighted by atomic mass is 9.94. The lowest BCUT2D eigenvalue weighted by molar-refractivity contribution is 0.0884. The summed E-state index contributed by atoms with van der Waals surface area (Å²) in [6.45, 7) is 2.27. The fourth-order valence-corrected chi connectivity index (χ4v) is 4.98. The van der Waals surface area contributed by atoms with Gasteiger partial charge in [-0.15, -0.1) is 0 Å². The minimum absolute atomic E-state index is 0.0452. The summed E-state index contributed by atoms with van der Waals surface area (Å²) < 4.78 is 34.1. The quantitative estimate of drug-likeness (QED) is 0.651. The van der Waals surface area contributed by atoms with Crippen LogP contribution < -0.4 is 11.2 Å². The van der Waals surface area contributed by atoms with Gasteiger partial charge in [0.25, 0.3) is 5.56 Å².